The van der Waals surface area contributed by atoms with Crippen molar-refractivity contribution in [2.45, 2.75) is 0 Å². The lowest BCUT2D eigenvalue weighted by atomic mass is 10.4. The van der Waals surface area contributed by atoms with Crippen LogP contribution in [-0.4, -0.2) is 57.7 Å². The zero-order chi connectivity index (χ0) is 10.6. The molecular weight excluding hydrogens is 198 g/mol. The van der Waals surface area contributed by atoms with Gasteiger partial charge in [-0.3, -0.25) is 4.90 Å². The summed E-state index contributed by atoms with van der Waals surface area (Å²) in [7, 11) is 3.44. The smallest absolute Gasteiger partial charge is 0.0589 e. The highest BCUT2D eigenvalue weighted by atomic mass is 32.1. The summed E-state index contributed by atoms with van der Waals surface area (Å²) in [5.74, 6) is 0.794. The summed E-state index contributed by atoms with van der Waals surface area (Å²) in [6.07, 6.45) is 4.17. The van der Waals surface area contributed by atoms with E-state index >= 15 is 0 Å². The lowest BCUT2D eigenvalue weighted by Gasteiger charge is -2.19. The van der Waals surface area contributed by atoms with Crippen molar-refractivity contribution in [1.82, 2.24) is 4.90 Å². The summed E-state index contributed by atoms with van der Waals surface area (Å²) in [5.41, 5.74) is 0. The van der Waals surface area contributed by atoms with Crippen molar-refractivity contribution in [2.24, 2.45) is 0 Å². The van der Waals surface area contributed by atoms with Gasteiger partial charge in [-0.1, -0.05) is 12.2 Å². The summed E-state index contributed by atoms with van der Waals surface area (Å²) in [6.45, 7) is 4.34. The monoisotopic (exact) mass is 219 g/mol. The Labute approximate surface area is 92.5 Å². The van der Waals surface area contributed by atoms with Gasteiger partial charge in [-0.05, 0) is 0 Å². The van der Waals surface area contributed by atoms with Crippen molar-refractivity contribution in [3.8, 4) is 0 Å². The summed E-state index contributed by atoms with van der Waals surface area (Å²) >= 11 is 4.11. The molecule has 0 spiro atoms. The van der Waals surface area contributed by atoms with Gasteiger partial charge in [0, 0.05) is 39.6 Å². The second-order valence-corrected chi connectivity index (χ2v) is 3.31. The highest BCUT2D eigenvalue weighted by molar-refractivity contribution is 7.80. The number of nitrogens with zero attached hydrogens (tertiary/aromatic N) is 1. The average molecular weight is 219 g/mol. The van der Waals surface area contributed by atoms with Gasteiger partial charge in [-0.2, -0.15) is 12.6 Å². The number of hydrogen-bond donors (Lipinski definition) is 1. The Morgan fingerprint density at radius 1 is 1.07 bits per heavy atom. The molecule has 0 fully saturated rings. The molecule has 0 saturated carbocycles. The minimum atomic E-state index is 0.762. The maximum atomic E-state index is 5.04. The van der Waals surface area contributed by atoms with Crippen LogP contribution in [0.15, 0.2) is 12.2 Å². The molecule has 0 radical (unpaired) electrons. The van der Waals surface area contributed by atoms with E-state index in [1.807, 2.05) is 0 Å². The highest BCUT2D eigenvalue weighted by Gasteiger charge is 2.01. The molecule has 0 rings (SSSR count). The maximum Gasteiger partial charge on any atom is 0.0589 e. The first-order valence-electron chi connectivity index (χ1n) is 4.81. The van der Waals surface area contributed by atoms with Crippen LogP contribution in [0, 0.1) is 0 Å². The third kappa shape index (κ3) is 8.56. The van der Waals surface area contributed by atoms with Crippen molar-refractivity contribution in [3.05, 3.63) is 12.2 Å². The van der Waals surface area contributed by atoms with Gasteiger partial charge in [0.1, 0.15) is 0 Å². The molecular formula is C10H21NO2S. The molecule has 84 valence electrons. The number of ether oxygens (including phenoxy) is 2. The molecule has 0 amide bonds. The molecule has 0 aromatic rings. The molecule has 14 heavy (non-hydrogen) atoms. The minimum Gasteiger partial charge on any atom is -0.383 e. The van der Waals surface area contributed by atoms with Gasteiger partial charge < -0.3 is 9.47 Å². The fourth-order valence-electron chi connectivity index (χ4n) is 1.03. The summed E-state index contributed by atoms with van der Waals surface area (Å²) in [5, 5.41) is 0. The third-order valence-electron chi connectivity index (χ3n) is 1.86. The molecule has 0 heterocycles. The van der Waals surface area contributed by atoms with E-state index in [1.54, 1.807) is 14.2 Å². The van der Waals surface area contributed by atoms with Crippen LogP contribution in [0.1, 0.15) is 0 Å². The molecule has 0 N–H and O–H groups in total. The van der Waals surface area contributed by atoms with Crippen LogP contribution >= 0.6 is 12.6 Å². The zero-order valence-electron chi connectivity index (χ0n) is 9.11. The largest absolute Gasteiger partial charge is 0.383 e. The van der Waals surface area contributed by atoms with Gasteiger partial charge >= 0.3 is 0 Å². The van der Waals surface area contributed by atoms with Crippen LogP contribution < -0.4 is 0 Å². The first-order valence-corrected chi connectivity index (χ1v) is 5.44. The van der Waals surface area contributed by atoms with E-state index in [9.17, 15) is 0 Å². The molecule has 0 atom stereocenters. The van der Waals surface area contributed by atoms with Gasteiger partial charge in [0.2, 0.25) is 0 Å². The fourth-order valence-corrected chi connectivity index (χ4v) is 1.18. The molecule has 0 unspecified atom stereocenters. The quantitative estimate of drug-likeness (QED) is 0.463. The number of methoxy groups -OCH3 is 2. The van der Waals surface area contributed by atoms with E-state index < -0.39 is 0 Å². The molecule has 0 aromatic carbocycles. The summed E-state index contributed by atoms with van der Waals surface area (Å²) < 4.78 is 10.1. The molecule has 0 aliphatic heterocycles. The van der Waals surface area contributed by atoms with E-state index in [0.717, 1.165) is 38.6 Å². The van der Waals surface area contributed by atoms with Gasteiger partial charge in [0.15, 0.2) is 0 Å². The highest BCUT2D eigenvalue weighted by Crippen LogP contribution is 1.90. The lowest BCUT2D eigenvalue weighted by Crippen LogP contribution is -2.30. The van der Waals surface area contributed by atoms with Crippen LogP contribution in [0.25, 0.3) is 0 Å². The van der Waals surface area contributed by atoms with E-state index in [-0.39, 0.29) is 0 Å². The van der Waals surface area contributed by atoms with Gasteiger partial charge in [0.05, 0.1) is 13.2 Å². The van der Waals surface area contributed by atoms with Crippen LogP contribution in [-0.2, 0) is 9.47 Å². The summed E-state index contributed by atoms with van der Waals surface area (Å²) in [4.78, 5) is 2.28. The second-order valence-electron chi connectivity index (χ2n) is 2.94. The third-order valence-corrected chi connectivity index (χ3v) is 2.07. The normalized spacial score (nSPS) is 11.7. The second kappa shape index (κ2) is 11.0. The topological polar surface area (TPSA) is 21.7 Å². The fraction of sp³-hybridized carbons (Fsp3) is 0.800. The molecule has 3 nitrogen and oxygen atoms in total. The summed E-state index contributed by atoms with van der Waals surface area (Å²) in [6, 6.07) is 0. The van der Waals surface area contributed by atoms with Gasteiger partial charge in [-0.15, -0.1) is 0 Å². The van der Waals surface area contributed by atoms with Gasteiger partial charge in [-0.25, -0.2) is 0 Å². The predicted octanol–water partition coefficient (Wildman–Crippen LogP) is 1.07. The molecule has 0 aromatic heterocycles. The van der Waals surface area contributed by atoms with Crippen molar-refractivity contribution in [3.63, 3.8) is 0 Å². The molecule has 0 aliphatic carbocycles. The Hall–Kier alpha value is -0.0300. The van der Waals surface area contributed by atoms with Gasteiger partial charge in [0.25, 0.3) is 0 Å². The van der Waals surface area contributed by atoms with E-state index in [0.29, 0.717) is 0 Å². The van der Waals surface area contributed by atoms with Crippen LogP contribution in [0.3, 0.4) is 0 Å². The molecule has 4 heteroatoms. The number of hydrogen-bond acceptors (Lipinski definition) is 4. The zero-order valence-corrected chi connectivity index (χ0v) is 10.0. The van der Waals surface area contributed by atoms with Crippen LogP contribution in [0.5, 0.6) is 0 Å². The minimum absolute atomic E-state index is 0.762. The molecule has 0 bridgehead atoms. The Kier molecular flexibility index (Phi) is 11.0. The van der Waals surface area contributed by atoms with Crippen molar-refractivity contribution in [2.75, 3.05) is 52.8 Å². The van der Waals surface area contributed by atoms with Crippen molar-refractivity contribution in [1.29, 1.82) is 0 Å². The van der Waals surface area contributed by atoms with Crippen LogP contribution in [0.4, 0.5) is 0 Å². The first kappa shape index (κ1) is 14.0. The average Bonchev–Trinajstić information content (AvgIpc) is 2.21. The van der Waals surface area contributed by atoms with E-state index in [1.165, 1.54) is 0 Å². The van der Waals surface area contributed by atoms with Crippen molar-refractivity contribution < 1.29 is 9.47 Å². The Balaban J connectivity index is 3.65. The molecule has 0 saturated heterocycles. The lowest BCUT2D eigenvalue weighted by molar-refractivity contribution is 0.121. The maximum absolute atomic E-state index is 5.04. The Bertz CT molecular complexity index is 134. The SMILES string of the molecule is COCCN(CC=CCS)CCOC. The Morgan fingerprint density at radius 2 is 1.64 bits per heavy atom. The molecule has 0 aliphatic rings. The van der Waals surface area contributed by atoms with E-state index in [4.69, 9.17) is 9.47 Å². The standard InChI is InChI=1S/C10H21NO2S/c1-12-8-6-11(7-9-13-2)5-3-4-10-14/h3-4,14H,5-10H2,1-2H3. The van der Waals surface area contributed by atoms with Crippen LogP contribution in [0.2, 0.25) is 0 Å². The predicted molar refractivity (Wildman–Crippen MR) is 63.2 cm³/mol. The number of rotatable bonds is 9. The Morgan fingerprint density at radius 3 is 2.07 bits per heavy atom. The van der Waals surface area contributed by atoms with Crippen molar-refractivity contribution >= 4 is 12.6 Å². The first-order chi connectivity index (χ1) is 6.85. The number of thiol groups is 1. The van der Waals surface area contributed by atoms with E-state index in [2.05, 4.69) is 29.7 Å².